The highest BCUT2D eigenvalue weighted by Crippen LogP contribution is 2.33. The number of hydrogen-bond donors (Lipinski definition) is 2. The summed E-state index contributed by atoms with van der Waals surface area (Å²) >= 11 is 0. The fourth-order valence-electron chi connectivity index (χ4n) is 2.24. The summed E-state index contributed by atoms with van der Waals surface area (Å²) in [7, 11) is 1.79. The van der Waals surface area contributed by atoms with E-state index in [1.165, 1.54) is 0 Å². The second-order valence-electron chi connectivity index (χ2n) is 4.27. The molecule has 18 heavy (non-hydrogen) atoms. The number of aryl methyl sites for hydroxylation is 2. The Labute approximate surface area is 105 Å². The van der Waals surface area contributed by atoms with E-state index in [2.05, 4.69) is 15.7 Å². The van der Waals surface area contributed by atoms with Crippen LogP contribution in [0.1, 0.15) is 23.1 Å². The van der Waals surface area contributed by atoms with E-state index in [1.54, 1.807) is 11.7 Å². The average Bonchev–Trinajstić information content (AvgIpc) is 2.59. The molecule has 0 aliphatic carbocycles. The van der Waals surface area contributed by atoms with Gasteiger partial charge in [0.15, 0.2) is 0 Å². The number of amides is 1. The molecule has 0 saturated heterocycles. The van der Waals surface area contributed by atoms with Gasteiger partial charge in [0, 0.05) is 7.05 Å². The molecular weight excluding hydrogens is 228 g/mol. The van der Waals surface area contributed by atoms with Crippen LogP contribution in [0.25, 0.3) is 0 Å². The summed E-state index contributed by atoms with van der Waals surface area (Å²) in [5.41, 5.74) is 3.97. The number of carbonyl (C=O) groups is 1. The third-order valence-electron chi connectivity index (χ3n) is 3.10. The quantitative estimate of drug-likeness (QED) is 0.806. The summed E-state index contributed by atoms with van der Waals surface area (Å²) in [6.45, 7) is 2.03. The minimum absolute atomic E-state index is 0.128. The van der Waals surface area contributed by atoms with Crippen molar-refractivity contribution in [1.82, 2.24) is 9.78 Å². The molecule has 0 bridgehead atoms. The van der Waals surface area contributed by atoms with Crippen LogP contribution < -0.4 is 10.6 Å². The highest BCUT2D eigenvalue weighted by molar-refractivity contribution is 6.11. The monoisotopic (exact) mass is 242 g/mol. The first-order chi connectivity index (χ1) is 8.70. The number of fused-ring (bicyclic) bond motifs is 2. The third-order valence-corrected chi connectivity index (χ3v) is 3.10. The molecule has 1 amide bonds. The van der Waals surface area contributed by atoms with Gasteiger partial charge in [0.05, 0.1) is 22.8 Å². The number of nitrogens with one attached hydrogen (secondary N) is 2. The van der Waals surface area contributed by atoms with Crippen LogP contribution in [-0.2, 0) is 13.5 Å². The molecule has 5 nitrogen and oxygen atoms in total. The number of anilines is 3. The van der Waals surface area contributed by atoms with E-state index in [4.69, 9.17) is 0 Å². The average molecular weight is 242 g/mol. The van der Waals surface area contributed by atoms with Crippen LogP contribution in [0.15, 0.2) is 24.3 Å². The normalized spacial score (nSPS) is 13.1. The Kier molecular flexibility index (Phi) is 2.33. The van der Waals surface area contributed by atoms with Crippen molar-refractivity contribution in [2.45, 2.75) is 13.3 Å². The van der Waals surface area contributed by atoms with E-state index in [0.717, 1.165) is 29.2 Å². The predicted octanol–water partition coefficient (Wildman–Crippen LogP) is 2.29. The van der Waals surface area contributed by atoms with Gasteiger partial charge in [-0.1, -0.05) is 19.1 Å². The molecule has 0 saturated carbocycles. The first-order valence-electron chi connectivity index (χ1n) is 5.94. The van der Waals surface area contributed by atoms with Crippen LogP contribution in [0.2, 0.25) is 0 Å². The number of benzene rings is 1. The molecule has 1 aromatic carbocycles. The fraction of sp³-hybridized carbons (Fsp3) is 0.231. The Hall–Kier alpha value is -2.30. The van der Waals surface area contributed by atoms with Gasteiger partial charge in [0.1, 0.15) is 5.69 Å². The summed E-state index contributed by atoms with van der Waals surface area (Å²) in [6, 6.07) is 7.66. The Morgan fingerprint density at radius 3 is 2.56 bits per heavy atom. The highest BCUT2D eigenvalue weighted by atomic mass is 16.2. The van der Waals surface area contributed by atoms with Crippen molar-refractivity contribution < 1.29 is 4.79 Å². The lowest BCUT2D eigenvalue weighted by atomic mass is 10.2. The van der Waals surface area contributed by atoms with Gasteiger partial charge in [-0.3, -0.25) is 9.48 Å². The summed E-state index contributed by atoms with van der Waals surface area (Å²) in [4.78, 5) is 12.2. The van der Waals surface area contributed by atoms with Crippen LogP contribution in [0.3, 0.4) is 0 Å². The number of rotatable bonds is 1. The zero-order valence-corrected chi connectivity index (χ0v) is 10.3. The van der Waals surface area contributed by atoms with Crippen molar-refractivity contribution in [3.05, 3.63) is 35.7 Å². The van der Waals surface area contributed by atoms with Gasteiger partial charge >= 0.3 is 0 Å². The van der Waals surface area contributed by atoms with Crippen molar-refractivity contribution in [2.24, 2.45) is 7.05 Å². The first kappa shape index (κ1) is 10.8. The molecule has 1 aliphatic heterocycles. The summed E-state index contributed by atoms with van der Waals surface area (Å²) < 4.78 is 1.63. The topological polar surface area (TPSA) is 59.0 Å². The van der Waals surface area contributed by atoms with Crippen LogP contribution >= 0.6 is 0 Å². The van der Waals surface area contributed by atoms with Crippen LogP contribution in [0.5, 0.6) is 0 Å². The summed E-state index contributed by atoms with van der Waals surface area (Å²) in [5.74, 6) is -0.128. The molecule has 0 unspecified atom stereocenters. The molecule has 3 rings (SSSR count). The number of para-hydroxylation sites is 2. The lowest BCUT2D eigenvalue weighted by molar-refractivity contribution is 0.101. The molecule has 0 spiro atoms. The number of carbonyl (C=O) groups excluding carboxylic acids is 1. The molecule has 0 atom stereocenters. The van der Waals surface area contributed by atoms with Crippen LogP contribution in [0.4, 0.5) is 17.1 Å². The third kappa shape index (κ3) is 1.48. The molecule has 1 aliphatic rings. The number of hydrogen-bond acceptors (Lipinski definition) is 3. The van der Waals surface area contributed by atoms with Crippen LogP contribution in [0, 0.1) is 0 Å². The van der Waals surface area contributed by atoms with Gasteiger partial charge in [-0.05, 0) is 18.6 Å². The van der Waals surface area contributed by atoms with Crippen molar-refractivity contribution >= 4 is 23.0 Å². The zero-order chi connectivity index (χ0) is 12.7. The second-order valence-corrected chi connectivity index (χ2v) is 4.27. The van der Waals surface area contributed by atoms with Crippen molar-refractivity contribution in [2.75, 3.05) is 10.6 Å². The maximum atomic E-state index is 12.2. The SMILES string of the molecule is CCc1nn(C)c2c1Nc1ccccc1NC2=O. The Morgan fingerprint density at radius 2 is 1.89 bits per heavy atom. The van der Waals surface area contributed by atoms with Gasteiger partial charge in [0.25, 0.3) is 5.91 Å². The molecule has 2 aromatic rings. The molecule has 5 heteroatoms. The van der Waals surface area contributed by atoms with Gasteiger partial charge in [0.2, 0.25) is 0 Å². The van der Waals surface area contributed by atoms with Crippen molar-refractivity contribution in [1.29, 1.82) is 0 Å². The maximum Gasteiger partial charge on any atom is 0.276 e. The van der Waals surface area contributed by atoms with Crippen LogP contribution in [-0.4, -0.2) is 15.7 Å². The van der Waals surface area contributed by atoms with E-state index >= 15 is 0 Å². The van der Waals surface area contributed by atoms with E-state index in [1.807, 2.05) is 31.2 Å². The standard InChI is InChI=1S/C13H14N4O/c1-3-8-11-12(17(2)16-8)13(18)15-10-7-5-4-6-9(10)14-11/h4-7,14H,3H2,1-2H3,(H,15,18). The maximum absolute atomic E-state index is 12.2. The predicted molar refractivity (Wildman–Crippen MR) is 70.3 cm³/mol. The van der Waals surface area contributed by atoms with E-state index in [9.17, 15) is 4.79 Å². The van der Waals surface area contributed by atoms with Gasteiger partial charge in [-0.2, -0.15) is 5.10 Å². The minimum atomic E-state index is -0.128. The molecular formula is C13H14N4O. The molecule has 92 valence electrons. The Morgan fingerprint density at radius 1 is 1.22 bits per heavy atom. The molecule has 0 radical (unpaired) electrons. The fourth-order valence-corrected chi connectivity index (χ4v) is 2.24. The first-order valence-corrected chi connectivity index (χ1v) is 5.94. The number of aromatic nitrogens is 2. The highest BCUT2D eigenvalue weighted by Gasteiger charge is 2.25. The van der Waals surface area contributed by atoms with Crippen molar-refractivity contribution in [3.8, 4) is 0 Å². The smallest absolute Gasteiger partial charge is 0.276 e. The molecule has 2 heterocycles. The van der Waals surface area contributed by atoms with E-state index in [-0.39, 0.29) is 5.91 Å². The van der Waals surface area contributed by atoms with Crippen molar-refractivity contribution in [3.63, 3.8) is 0 Å². The van der Waals surface area contributed by atoms with Gasteiger partial charge in [-0.15, -0.1) is 0 Å². The molecule has 1 aromatic heterocycles. The molecule has 2 N–H and O–H groups in total. The second kappa shape index (κ2) is 3.87. The van der Waals surface area contributed by atoms with Gasteiger partial charge < -0.3 is 10.6 Å². The van der Waals surface area contributed by atoms with Gasteiger partial charge in [-0.25, -0.2) is 0 Å². The Balaban J connectivity index is 2.21. The minimum Gasteiger partial charge on any atom is -0.350 e. The number of nitrogens with zero attached hydrogens (tertiary/aromatic N) is 2. The Bertz CT molecular complexity index is 630. The lowest BCUT2D eigenvalue weighted by Gasteiger charge is -2.07. The summed E-state index contributed by atoms with van der Waals surface area (Å²) in [5, 5.41) is 10.6. The van der Waals surface area contributed by atoms with E-state index < -0.39 is 0 Å². The van der Waals surface area contributed by atoms with E-state index in [0.29, 0.717) is 5.69 Å². The largest absolute Gasteiger partial charge is 0.350 e. The molecule has 0 fully saturated rings. The summed E-state index contributed by atoms with van der Waals surface area (Å²) in [6.07, 6.45) is 0.783. The zero-order valence-electron chi connectivity index (χ0n) is 10.3. The lowest BCUT2D eigenvalue weighted by Crippen LogP contribution is -2.15.